The van der Waals surface area contributed by atoms with Crippen LogP contribution in [0.5, 0.6) is 0 Å². The van der Waals surface area contributed by atoms with Gasteiger partial charge < -0.3 is 14.3 Å². The molecule has 0 unspecified atom stereocenters. The number of carboxylic acid groups (broad SMARTS) is 1. The zero-order chi connectivity index (χ0) is 21.0. The predicted molar refractivity (Wildman–Crippen MR) is 115 cm³/mol. The Labute approximate surface area is 207 Å². The van der Waals surface area contributed by atoms with Crippen LogP contribution in [0.4, 0.5) is 0 Å². The third-order valence-corrected chi connectivity index (χ3v) is 15.2. The van der Waals surface area contributed by atoms with Gasteiger partial charge in [-0.2, -0.15) is 0 Å². The number of fused-ring (bicyclic) bond motifs is 1. The molecule has 2 saturated heterocycles. The minimum Gasteiger partial charge on any atom is -0.543 e. The third kappa shape index (κ3) is 5.04. The standard InChI is InChI=1S/C18H29NO5S3Si.Na/c1-10(24-28(5,6)18(2,3)4)12-14(20)19-13(16(21)22)17(26-15(12)19)25-11-7-8-27(23)9-11;/h10-12,15H,7-9H2,1-6H3,(H,21,22);/q;+1/p-1/t10-,11+,12+,15-,27-;/m1./s1. The van der Waals surface area contributed by atoms with Crippen LogP contribution in [-0.2, 0) is 24.8 Å². The Bertz CT molecular complexity index is 754. The summed E-state index contributed by atoms with van der Waals surface area (Å²) in [7, 11) is -2.87. The number of hydrogen-bond donors (Lipinski definition) is 0. The molecule has 158 valence electrons. The maximum atomic E-state index is 12.8. The summed E-state index contributed by atoms with van der Waals surface area (Å²) in [5, 5.41) is 11.7. The van der Waals surface area contributed by atoms with Gasteiger partial charge in [0.1, 0.15) is 5.37 Å². The van der Waals surface area contributed by atoms with Crippen molar-refractivity contribution in [1.29, 1.82) is 0 Å². The zero-order valence-corrected chi connectivity index (χ0v) is 23.6. The second kappa shape index (κ2) is 9.29. The first kappa shape index (κ1) is 26.0. The molecule has 6 nitrogen and oxygen atoms in total. The molecule has 0 aliphatic carbocycles. The Morgan fingerprint density at radius 2 is 2.03 bits per heavy atom. The third-order valence-electron chi connectivity index (χ3n) is 6.05. The van der Waals surface area contributed by atoms with Gasteiger partial charge in [-0.1, -0.05) is 32.5 Å². The van der Waals surface area contributed by atoms with E-state index in [0.29, 0.717) is 15.7 Å². The van der Waals surface area contributed by atoms with Crippen LogP contribution in [-0.4, -0.2) is 57.5 Å². The molecule has 3 heterocycles. The van der Waals surface area contributed by atoms with Crippen LogP contribution in [0.15, 0.2) is 9.93 Å². The molecule has 5 atom stereocenters. The summed E-state index contributed by atoms with van der Waals surface area (Å²) in [4.78, 5) is 25.9. The van der Waals surface area contributed by atoms with Gasteiger partial charge >= 0.3 is 29.6 Å². The van der Waals surface area contributed by atoms with E-state index < -0.39 is 25.1 Å². The maximum Gasteiger partial charge on any atom is 1.00 e. The summed E-state index contributed by atoms with van der Waals surface area (Å²) in [6.07, 6.45) is 0.530. The second-order valence-corrected chi connectivity index (χ2v) is 18.2. The summed E-state index contributed by atoms with van der Waals surface area (Å²) in [6.45, 7) is 12.7. The van der Waals surface area contributed by atoms with E-state index in [2.05, 4.69) is 33.9 Å². The Balaban J connectivity index is 0.00000300. The molecule has 11 heteroatoms. The van der Waals surface area contributed by atoms with Gasteiger partial charge in [-0.05, 0) is 31.5 Å². The van der Waals surface area contributed by atoms with Gasteiger partial charge in [0.2, 0.25) is 5.91 Å². The minimum atomic E-state index is -2.04. The number of amides is 1. The average Bonchev–Trinajstić information content (AvgIpc) is 3.07. The van der Waals surface area contributed by atoms with Crippen molar-refractivity contribution in [1.82, 2.24) is 4.90 Å². The number of hydrogen-bond acceptors (Lipinski definition) is 7. The van der Waals surface area contributed by atoms with Crippen molar-refractivity contribution >= 4 is 54.5 Å². The van der Waals surface area contributed by atoms with Gasteiger partial charge in [0, 0.05) is 27.6 Å². The summed E-state index contributed by atoms with van der Waals surface area (Å²) in [6, 6.07) is 0. The normalized spacial score (nSPS) is 30.7. The van der Waals surface area contributed by atoms with Crippen molar-refractivity contribution in [2.75, 3.05) is 11.5 Å². The summed E-state index contributed by atoms with van der Waals surface area (Å²) >= 11 is 2.86. The van der Waals surface area contributed by atoms with Crippen molar-refractivity contribution in [3.8, 4) is 0 Å². The average molecular weight is 486 g/mol. The van der Waals surface area contributed by atoms with E-state index >= 15 is 0 Å². The van der Waals surface area contributed by atoms with Gasteiger partial charge in [-0.25, -0.2) is 0 Å². The fraction of sp³-hybridized carbons (Fsp3) is 0.778. The molecule has 0 aromatic carbocycles. The number of carbonyl (C=O) groups is 2. The van der Waals surface area contributed by atoms with Gasteiger partial charge in [0.15, 0.2) is 8.32 Å². The number of rotatable bonds is 6. The molecular weight excluding hydrogens is 457 g/mol. The monoisotopic (exact) mass is 485 g/mol. The SMILES string of the molecule is C[C@@H](O[Si](C)(C)C(C)(C)C)[C@H]1C(=O)N2C(C(=O)[O-])=C(S[C@H]3CC[S@@](=O)C3)S[C@H]12.[Na+]. The molecule has 0 saturated carbocycles. The molecule has 0 aromatic rings. The number of aliphatic carboxylic acids is 1. The fourth-order valence-electron chi connectivity index (χ4n) is 3.41. The number of thioether (sulfide) groups is 2. The first-order valence-corrected chi connectivity index (χ1v) is 15.6. The van der Waals surface area contributed by atoms with E-state index in [1.807, 2.05) is 6.92 Å². The van der Waals surface area contributed by atoms with Crippen LogP contribution in [0.1, 0.15) is 34.1 Å². The van der Waals surface area contributed by atoms with Crippen molar-refractivity contribution in [3.63, 3.8) is 0 Å². The summed E-state index contributed by atoms with van der Waals surface area (Å²) in [5.74, 6) is -0.649. The van der Waals surface area contributed by atoms with E-state index in [9.17, 15) is 18.9 Å². The van der Waals surface area contributed by atoms with E-state index in [1.165, 1.54) is 28.4 Å². The van der Waals surface area contributed by atoms with Gasteiger partial charge in [-0.3, -0.25) is 13.9 Å². The molecule has 3 aliphatic heterocycles. The zero-order valence-electron chi connectivity index (χ0n) is 18.1. The van der Waals surface area contributed by atoms with Gasteiger partial charge in [-0.15, -0.1) is 11.8 Å². The molecule has 0 N–H and O–H groups in total. The van der Waals surface area contributed by atoms with Crippen molar-refractivity contribution in [2.24, 2.45) is 5.92 Å². The second-order valence-electron chi connectivity index (χ2n) is 9.09. The molecule has 1 amide bonds. The van der Waals surface area contributed by atoms with Crippen molar-refractivity contribution in [3.05, 3.63) is 9.93 Å². The minimum absolute atomic E-state index is 0. The molecule has 2 fully saturated rings. The topological polar surface area (TPSA) is 86.7 Å². The van der Waals surface area contributed by atoms with Crippen LogP contribution in [0.2, 0.25) is 18.1 Å². The first-order valence-electron chi connectivity index (χ1n) is 9.48. The smallest absolute Gasteiger partial charge is 0.543 e. The molecule has 3 aliphatic rings. The Morgan fingerprint density at radius 1 is 1.41 bits per heavy atom. The number of β-lactam (4-membered cyclic amide) rings is 1. The van der Waals surface area contributed by atoms with Crippen LogP contribution in [0.25, 0.3) is 0 Å². The van der Waals surface area contributed by atoms with Crippen molar-refractivity contribution < 1.29 is 52.9 Å². The number of carbonyl (C=O) groups excluding carboxylic acids is 2. The maximum absolute atomic E-state index is 12.8. The first-order chi connectivity index (χ1) is 12.8. The molecule has 0 aromatic heterocycles. The van der Waals surface area contributed by atoms with E-state index in [4.69, 9.17) is 4.43 Å². The molecule has 0 bridgehead atoms. The van der Waals surface area contributed by atoms with E-state index in [0.717, 1.165) is 6.42 Å². The van der Waals surface area contributed by atoms with Crippen LogP contribution < -0.4 is 34.7 Å². The Kier molecular flexibility index (Phi) is 8.32. The largest absolute Gasteiger partial charge is 1.00 e. The van der Waals surface area contributed by atoms with E-state index in [-0.39, 0.29) is 68.8 Å². The van der Waals surface area contributed by atoms with Crippen LogP contribution >= 0.6 is 23.5 Å². The summed E-state index contributed by atoms with van der Waals surface area (Å²) in [5.41, 5.74) is -0.0153. The predicted octanol–water partition coefficient (Wildman–Crippen LogP) is -0.895. The van der Waals surface area contributed by atoms with E-state index in [1.54, 1.807) is 0 Å². The number of nitrogens with zero attached hydrogens (tertiary/aromatic N) is 1. The van der Waals surface area contributed by atoms with Crippen LogP contribution in [0, 0.1) is 5.92 Å². The summed E-state index contributed by atoms with van der Waals surface area (Å²) < 4.78 is 18.7. The van der Waals surface area contributed by atoms with Gasteiger partial charge in [0.25, 0.3) is 0 Å². The molecule has 3 rings (SSSR count). The molecule has 29 heavy (non-hydrogen) atoms. The van der Waals surface area contributed by atoms with Crippen molar-refractivity contribution in [2.45, 2.75) is 69.0 Å². The molecule has 0 spiro atoms. The molecular formula is C18H28NNaO5S3Si. The Hall–Kier alpha value is 0.707. The van der Waals surface area contributed by atoms with Gasteiger partial charge in [0.05, 0.1) is 27.9 Å². The Morgan fingerprint density at radius 3 is 2.52 bits per heavy atom. The number of carboxylic acids is 1. The molecule has 0 radical (unpaired) electrons. The fourth-order valence-corrected chi connectivity index (χ4v) is 10.1. The van der Waals surface area contributed by atoms with Crippen LogP contribution in [0.3, 0.4) is 0 Å². The quantitative estimate of drug-likeness (QED) is 0.356.